The number of nitro benzene ring substituents is 1. The van der Waals surface area contributed by atoms with E-state index in [0.717, 1.165) is 10.2 Å². The van der Waals surface area contributed by atoms with Crippen molar-refractivity contribution in [2.45, 2.75) is 39.0 Å². The van der Waals surface area contributed by atoms with Gasteiger partial charge in [0.15, 0.2) is 0 Å². The molecule has 0 aliphatic carbocycles. The highest BCUT2D eigenvalue weighted by atomic mass is 79.9. The smallest absolute Gasteiger partial charge is 0.270 e. The van der Waals surface area contributed by atoms with Gasteiger partial charge in [-0.05, 0) is 67.5 Å². The van der Waals surface area contributed by atoms with Gasteiger partial charge < -0.3 is 10.1 Å². The summed E-state index contributed by atoms with van der Waals surface area (Å²) in [5.41, 5.74) is 1.73. The molecule has 6 nitrogen and oxygen atoms in total. The fourth-order valence-corrected chi connectivity index (χ4v) is 3.39. The monoisotopic (exact) mass is 512 g/mol. The summed E-state index contributed by atoms with van der Waals surface area (Å²) in [6.45, 7) is 6.86. The van der Waals surface area contributed by atoms with E-state index in [0.29, 0.717) is 23.2 Å². The number of rotatable bonds is 7. The lowest BCUT2D eigenvalue weighted by Gasteiger charge is -2.20. The van der Waals surface area contributed by atoms with Crippen LogP contribution in [0.25, 0.3) is 0 Å². The average molecular weight is 514 g/mol. The van der Waals surface area contributed by atoms with Crippen LogP contribution < -0.4 is 10.1 Å². The van der Waals surface area contributed by atoms with Crippen molar-refractivity contribution < 1.29 is 14.5 Å². The number of nitrogens with zero attached hydrogens (tertiary/aromatic N) is 1. The molecule has 0 saturated heterocycles. The number of ether oxygens (including phenoxy) is 1. The predicted molar refractivity (Wildman–Crippen MR) is 117 cm³/mol. The third-order valence-corrected chi connectivity index (χ3v) is 5.32. The van der Waals surface area contributed by atoms with Crippen LogP contribution >= 0.6 is 31.9 Å². The minimum atomic E-state index is -0.486. The Morgan fingerprint density at radius 1 is 1.14 bits per heavy atom. The van der Waals surface area contributed by atoms with Crippen molar-refractivity contribution in [3.8, 4) is 5.75 Å². The molecule has 0 atom stereocenters. The number of hydrogen-bond donors (Lipinski definition) is 1. The molecule has 2 aromatic carbocycles. The predicted octanol–water partition coefficient (Wildman–Crippen LogP) is 6.22. The molecule has 28 heavy (non-hydrogen) atoms. The minimum absolute atomic E-state index is 0.0404. The van der Waals surface area contributed by atoms with Crippen LogP contribution in [0.4, 0.5) is 11.4 Å². The molecule has 0 heterocycles. The molecule has 0 unspecified atom stereocenters. The number of hydrogen-bond acceptors (Lipinski definition) is 4. The van der Waals surface area contributed by atoms with Crippen molar-refractivity contribution in [2.24, 2.45) is 0 Å². The van der Waals surface area contributed by atoms with Gasteiger partial charge in [-0.3, -0.25) is 14.9 Å². The molecule has 0 spiro atoms. The number of amides is 1. The topological polar surface area (TPSA) is 81.5 Å². The lowest BCUT2D eigenvalue weighted by Crippen LogP contribution is -2.13. The summed E-state index contributed by atoms with van der Waals surface area (Å²) < 4.78 is 7.11. The van der Waals surface area contributed by atoms with E-state index in [4.69, 9.17) is 4.74 Å². The Balaban J connectivity index is 1.82. The summed E-state index contributed by atoms with van der Waals surface area (Å²) in [6.07, 6.45) is 0.824. The number of carbonyl (C=O) groups excluding carboxylic acids is 1. The van der Waals surface area contributed by atoms with E-state index in [-0.39, 0.29) is 23.4 Å². The number of benzene rings is 2. The van der Waals surface area contributed by atoms with Gasteiger partial charge in [-0.25, -0.2) is 0 Å². The van der Waals surface area contributed by atoms with Crippen LogP contribution in [-0.2, 0) is 10.2 Å². The van der Waals surface area contributed by atoms with Gasteiger partial charge in [-0.1, -0.05) is 26.8 Å². The maximum Gasteiger partial charge on any atom is 0.270 e. The maximum atomic E-state index is 12.1. The van der Waals surface area contributed by atoms with Crippen LogP contribution in [-0.4, -0.2) is 17.4 Å². The fourth-order valence-electron chi connectivity index (χ4n) is 2.43. The van der Waals surface area contributed by atoms with Gasteiger partial charge in [-0.2, -0.15) is 0 Å². The summed E-state index contributed by atoms with van der Waals surface area (Å²) in [7, 11) is 0. The molecule has 0 bridgehead atoms. The summed E-state index contributed by atoms with van der Waals surface area (Å²) in [6, 6.07) is 10.2. The molecule has 0 aromatic heterocycles. The third kappa shape index (κ3) is 6.31. The average Bonchev–Trinajstić information content (AvgIpc) is 2.60. The number of halogens is 2. The van der Waals surface area contributed by atoms with E-state index in [9.17, 15) is 14.9 Å². The maximum absolute atomic E-state index is 12.1. The number of non-ortho nitro benzene ring substituents is 1. The van der Waals surface area contributed by atoms with E-state index in [1.165, 1.54) is 23.8 Å². The Morgan fingerprint density at radius 2 is 1.86 bits per heavy atom. The molecule has 1 N–H and O–H groups in total. The SMILES string of the molecule is CC(C)(C)c1ccc(OCCCC(=O)Nc2ccc([N+](=O)[O-])cc2Br)c(Br)c1. The molecule has 1 amide bonds. The van der Waals surface area contributed by atoms with E-state index in [1.54, 1.807) is 0 Å². The molecule has 2 rings (SSSR count). The van der Waals surface area contributed by atoms with Crippen molar-refractivity contribution in [3.63, 3.8) is 0 Å². The highest BCUT2D eigenvalue weighted by molar-refractivity contribution is 9.11. The minimum Gasteiger partial charge on any atom is -0.492 e. The molecule has 0 fully saturated rings. The second kappa shape index (κ2) is 9.52. The van der Waals surface area contributed by atoms with Gasteiger partial charge in [0, 0.05) is 23.0 Å². The highest BCUT2D eigenvalue weighted by Crippen LogP contribution is 2.31. The highest BCUT2D eigenvalue weighted by Gasteiger charge is 2.15. The Morgan fingerprint density at radius 3 is 2.43 bits per heavy atom. The van der Waals surface area contributed by atoms with Crippen LogP contribution in [0.2, 0.25) is 0 Å². The Hall–Kier alpha value is -1.93. The normalized spacial score (nSPS) is 11.2. The van der Waals surface area contributed by atoms with Crippen LogP contribution in [0.15, 0.2) is 45.3 Å². The first-order valence-corrected chi connectivity index (χ1v) is 10.3. The molecule has 150 valence electrons. The third-order valence-electron chi connectivity index (χ3n) is 4.04. The number of nitrogens with one attached hydrogen (secondary N) is 1. The van der Waals surface area contributed by atoms with Crippen LogP contribution in [0.1, 0.15) is 39.2 Å². The summed E-state index contributed by atoms with van der Waals surface area (Å²) in [5, 5.41) is 13.5. The molecular formula is C20H22Br2N2O4. The summed E-state index contributed by atoms with van der Waals surface area (Å²) in [5.74, 6) is 0.562. The largest absolute Gasteiger partial charge is 0.492 e. The van der Waals surface area contributed by atoms with Gasteiger partial charge in [-0.15, -0.1) is 0 Å². The molecule has 0 radical (unpaired) electrons. The van der Waals surface area contributed by atoms with Gasteiger partial charge in [0.05, 0.1) is 21.7 Å². The first-order valence-electron chi connectivity index (χ1n) is 8.74. The number of anilines is 1. The molecule has 8 heteroatoms. The Kier molecular flexibility index (Phi) is 7.60. The lowest BCUT2D eigenvalue weighted by molar-refractivity contribution is -0.384. The zero-order chi connectivity index (χ0) is 20.9. The summed E-state index contributed by atoms with van der Waals surface area (Å²) >= 11 is 6.77. The zero-order valence-electron chi connectivity index (χ0n) is 15.9. The first-order chi connectivity index (χ1) is 13.1. The van der Waals surface area contributed by atoms with Gasteiger partial charge >= 0.3 is 0 Å². The quantitative estimate of drug-likeness (QED) is 0.271. The second-order valence-corrected chi connectivity index (χ2v) is 9.03. The van der Waals surface area contributed by atoms with E-state index >= 15 is 0 Å². The zero-order valence-corrected chi connectivity index (χ0v) is 19.1. The van der Waals surface area contributed by atoms with Crippen molar-refractivity contribution in [3.05, 3.63) is 61.0 Å². The molecular weight excluding hydrogens is 492 g/mol. The lowest BCUT2D eigenvalue weighted by atomic mass is 9.87. The number of nitro groups is 1. The van der Waals surface area contributed by atoms with Crippen molar-refractivity contribution in [2.75, 3.05) is 11.9 Å². The van der Waals surface area contributed by atoms with Crippen molar-refractivity contribution in [1.82, 2.24) is 0 Å². The van der Waals surface area contributed by atoms with Crippen molar-refractivity contribution in [1.29, 1.82) is 0 Å². The van der Waals surface area contributed by atoms with Crippen LogP contribution in [0.5, 0.6) is 5.75 Å². The van der Waals surface area contributed by atoms with Gasteiger partial charge in [0.1, 0.15) is 5.75 Å². The Bertz CT molecular complexity index is 879. The molecule has 2 aromatic rings. The van der Waals surface area contributed by atoms with Crippen molar-refractivity contribution >= 4 is 49.1 Å². The van der Waals surface area contributed by atoms with Gasteiger partial charge in [0.25, 0.3) is 5.69 Å². The second-order valence-electron chi connectivity index (χ2n) is 7.32. The molecule has 0 aliphatic heterocycles. The van der Waals surface area contributed by atoms with Gasteiger partial charge in [0.2, 0.25) is 5.91 Å². The standard InChI is InChI=1S/C20H22Br2N2O4/c1-20(2,3)13-6-9-18(16(22)11-13)28-10-4-5-19(25)23-17-8-7-14(24(26)27)12-15(17)21/h6-9,11-12H,4-5,10H2,1-3H3,(H,23,25). The van der Waals surface area contributed by atoms with Crippen LogP contribution in [0, 0.1) is 10.1 Å². The Labute approximate surface area is 181 Å². The van der Waals surface area contributed by atoms with Crippen LogP contribution in [0.3, 0.4) is 0 Å². The van der Waals surface area contributed by atoms with E-state index in [1.807, 2.05) is 18.2 Å². The molecule has 0 saturated carbocycles. The number of carbonyl (C=O) groups is 1. The fraction of sp³-hybridized carbons (Fsp3) is 0.350. The molecule has 0 aliphatic rings. The first kappa shape index (κ1) is 22.4. The van der Waals surface area contributed by atoms with E-state index < -0.39 is 4.92 Å². The van der Waals surface area contributed by atoms with E-state index in [2.05, 4.69) is 57.9 Å². The summed E-state index contributed by atoms with van der Waals surface area (Å²) in [4.78, 5) is 22.3.